The van der Waals surface area contributed by atoms with E-state index in [1.807, 2.05) is 31.0 Å². The summed E-state index contributed by atoms with van der Waals surface area (Å²) in [4.78, 5) is 18.5. The Kier molecular flexibility index (Phi) is 5.56. The number of hydrogen-bond donors (Lipinski definition) is 1. The smallest absolute Gasteiger partial charge is 0.252 e. The highest BCUT2D eigenvalue weighted by molar-refractivity contribution is 5.98. The molecule has 1 saturated carbocycles. The summed E-state index contributed by atoms with van der Waals surface area (Å²) in [7, 11) is 4.10. The molecule has 2 fully saturated rings. The number of rotatable bonds is 5. The zero-order chi connectivity index (χ0) is 24.9. The van der Waals surface area contributed by atoms with Crippen molar-refractivity contribution in [2.75, 3.05) is 38.1 Å². The summed E-state index contributed by atoms with van der Waals surface area (Å²) in [5, 5.41) is 10.2. The average Bonchev–Trinajstić information content (AvgIpc) is 3.53. The highest BCUT2D eigenvalue weighted by Gasteiger charge is 2.47. The predicted octanol–water partition coefficient (Wildman–Crippen LogP) is 4.72. The van der Waals surface area contributed by atoms with E-state index in [1.54, 1.807) is 0 Å². The monoisotopic (exact) mass is 479 g/mol. The molecule has 1 saturated heterocycles. The van der Waals surface area contributed by atoms with Gasteiger partial charge in [0.1, 0.15) is 0 Å². The fourth-order valence-electron chi connectivity index (χ4n) is 5.43. The maximum Gasteiger partial charge on any atom is 0.252 e. The molecule has 2 heterocycles. The molecule has 0 radical (unpaired) electrons. The Balaban J connectivity index is 1.34. The van der Waals surface area contributed by atoms with Crippen LogP contribution in [0, 0.1) is 6.92 Å². The molecule has 36 heavy (non-hydrogen) atoms. The van der Waals surface area contributed by atoms with Crippen LogP contribution in [0.4, 0.5) is 5.69 Å². The standard InChI is InChI=1S/C30H33N5O/c1-21-8-9-25(35-14-12-33(2)13-15-35)18-27(21)29(36)32-30(10-11-30)28-17-23(24-19-31-34(3)20-24)16-22-6-4-5-7-26(22)28/h4-9,16-20H,10-15H2,1-3H3,(H,32,36). The van der Waals surface area contributed by atoms with Crippen molar-refractivity contribution in [1.82, 2.24) is 20.0 Å². The molecule has 6 rings (SSSR count). The summed E-state index contributed by atoms with van der Waals surface area (Å²) in [5.41, 5.74) is 5.98. The molecule has 0 spiro atoms. The third-order valence-corrected chi connectivity index (χ3v) is 7.85. The van der Waals surface area contributed by atoms with Crippen molar-refractivity contribution in [2.45, 2.75) is 25.3 Å². The summed E-state index contributed by atoms with van der Waals surface area (Å²) in [6.45, 7) is 6.08. The molecule has 1 N–H and O–H groups in total. The highest BCUT2D eigenvalue weighted by atomic mass is 16.1. The second-order valence-corrected chi connectivity index (χ2v) is 10.5. The lowest BCUT2D eigenvalue weighted by atomic mass is 9.92. The Hall–Kier alpha value is -3.64. The number of carbonyl (C=O) groups excluding carboxylic acids is 1. The number of aryl methyl sites for hydroxylation is 2. The molecule has 1 amide bonds. The van der Waals surface area contributed by atoms with Crippen molar-refractivity contribution in [2.24, 2.45) is 7.05 Å². The van der Waals surface area contributed by atoms with Crippen molar-refractivity contribution in [1.29, 1.82) is 0 Å². The van der Waals surface area contributed by atoms with Gasteiger partial charge >= 0.3 is 0 Å². The second kappa shape index (κ2) is 8.79. The third-order valence-electron chi connectivity index (χ3n) is 7.85. The minimum absolute atomic E-state index is 0.0110. The predicted molar refractivity (Wildman–Crippen MR) is 145 cm³/mol. The fraction of sp³-hybridized carbons (Fsp3) is 0.333. The average molecular weight is 480 g/mol. The number of likely N-dealkylation sites (N-methyl/N-ethyl adjacent to an activating group) is 1. The largest absolute Gasteiger partial charge is 0.369 e. The van der Waals surface area contributed by atoms with Gasteiger partial charge in [0.2, 0.25) is 0 Å². The first kappa shape index (κ1) is 22.8. The molecular formula is C30H33N5O. The van der Waals surface area contributed by atoms with Gasteiger partial charge in [0, 0.05) is 56.2 Å². The molecule has 1 aliphatic carbocycles. The number of benzene rings is 3. The van der Waals surface area contributed by atoms with Crippen LogP contribution in [0.2, 0.25) is 0 Å². The zero-order valence-corrected chi connectivity index (χ0v) is 21.3. The lowest BCUT2D eigenvalue weighted by Crippen LogP contribution is -2.44. The molecule has 1 aliphatic heterocycles. The van der Waals surface area contributed by atoms with Crippen LogP contribution < -0.4 is 10.2 Å². The molecule has 6 nitrogen and oxygen atoms in total. The molecule has 6 heteroatoms. The number of aromatic nitrogens is 2. The van der Waals surface area contributed by atoms with Gasteiger partial charge in [-0.15, -0.1) is 0 Å². The van der Waals surface area contributed by atoms with Crippen LogP contribution in [0.25, 0.3) is 21.9 Å². The third kappa shape index (κ3) is 4.16. The van der Waals surface area contributed by atoms with Gasteiger partial charge in [0.05, 0.1) is 11.7 Å². The Morgan fingerprint density at radius 1 is 0.944 bits per heavy atom. The SMILES string of the molecule is Cc1ccc(N2CCN(C)CC2)cc1C(=O)NC1(c2cc(-c3cnn(C)c3)cc3ccccc23)CC1. The van der Waals surface area contributed by atoms with E-state index < -0.39 is 0 Å². The van der Waals surface area contributed by atoms with Crippen LogP contribution in [0.5, 0.6) is 0 Å². The van der Waals surface area contributed by atoms with E-state index in [0.29, 0.717) is 0 Å². The zero-order valence-electron chi connectivity index (χ0n) is 21.3. The first-order chi connectivity index (χ1) is 17.4. The number of fused-ring (bicyclic) bond motifs is 1. The summed E-state index contributed by atoms with van der Waals surface area (Å²) < 4.78 is 1.83. The molecule has 0 unspecified atom stereocenters. The number of amides is 1. The molecule has 0 bridgehead atoms. The molecule has 1 aromatic heterocycles. The van der Waals surface area contributed by atoms with Crippen molar-refractivity contribution >= 4 is 22.4 Å². The summed E-state index contributed by atoms with van der Waals surface area (Å²) in [6, 6.07) is 19.3. The molecule has 2 aliphatic rings. The minimum Gasteiger partial charge on any atom is -0.369 e. The van der Waals surface area contributed by atoms with Crippen molar-refractivity contribution in [3.05, 3.63) is 83.7 Å². The lowest BCUT2D eigenvalue weighted by Gasteiger charge is -2.34. The number of piperazine rings is 1. The number of nitrogens with zero attached hydrogens (tertiary/aromatic N) is 4. The lowest BCUT2D eigenvalue weighted by molar-refractivity contribution is 0.0930. The van der Waals surface area contributed by atoms with Crippen LogP contribution in [-0.4, -0.2) is 53.8 Å². The molecule has 184 valence electrons. The van der Waals surface area contributed by atoms with Crippen molar-refractivity contribution < 1.29 is 4.79 Å². The number of carbonyl (C=O) groups is 1. The van der Waals surface area contributed by atoms with Gasteiger partial charge in [-0.25, -0.2) is 0 Å². The Morgan fingerprint density at radius 2 is 1.72 bits per heavy atom. The van der Waals surface area contributed by atoms with Gasteiger partial charge in [-0.3, -0.25) is 9.48 Å². The van der Waals surface area contributed by atoms with E-state index in [-0.39, 0.29) is 11.4 Å². The van der Waals surface area contributed by atoms with Gasteiger partial charge in [-0.05, 0) is 78.5 Å². The van der Waals surface area contributed by atoms with Gasteiger partial charge in [0.25, 0.3) is 5.91 Å². The van der Waals surface area contributed by atoms with Gasteiger partial charge in [-0.2, -0.15) is 5.10 Å². The normalized spacial score (nSPS) is 17.4. The summed E-state index contributed by atoms with van der Waals surface area (Å²) in [5.74, 6) is 0.0110. The van der Waals surface area contributed by atoms with Crippen molar-refractivity contribution in [3.8, 4) is 11.1 Å². The van der Waals surface area contributed by atoms with Gasteiger partial charge < -0.3 is 15.1 Å². The van der Waals surface area contributed by atoms with E-state index in [2.05, 4.69) is 81.9 Å². The van der Waals surface area contributed by atoms with E-state index in [9.17, 15) is 4.79 Å². The van der Waals surface area contributed by atoms with Crippen LogP contribution in [0.15, 0.2) is 67.0 Å². The number of nitrogens with one attached hydrogen (secondary N) is 1. The number of hydrogen-bond acceptors (Lipinski definition) is 4. The maximum atomic E-state index is 13.7. The van der Waals surface area contributed by atoms with Crippen LogP contribution in [0.3, 0.4) is 0 Å². The summed E-state index contributed by atoms with van der Waals surface area (Å²) >= 11 is 0. The van der Waals surface area contributed by atoms with Crippen molar-refractivity contribution in [3.63, 3.8) is 0 Å². The van der Waals surface area contributed by atoms with E-state index in [1.165, 1.54) is 16.3 Å². The maximum absolute atomic E-state index is 13.7. The molecular weight excluding hydrogens is 446 g/mol. The Morgan fingerprint density at radius 3 is 2.44 bits per heavy atom. The second-order valence-electron chi connectivity index (χ2n) is 10.5. The summed E-state index contributed by atoms with van der Waals surface area (Å²) in [6.07, 6.45) is 5.82. The Labute approximate surface area is 212 Å². The molecule has 3 aromatic carbocycles. The first-order valence-electron chi connectivity index (χ1n) is 12.8. The highest BCUT2D eigenvalue weighted by Crippen LogP contribution is 2.49. The molecule has 0 atom stereocenters. The van der Waals surface area contributed by atoms with Crippen LogP contribution in [-0.2, 0) is 12.6 Å². The van der Waals surface area contributed by atoms with Crippen LogP contribution >= 0.6 is 0 Å². The van der Waals surface area contributed by atoms with Crippen LogP contribution in [0.1, 0.15) is 34.3 Å². The Bertz CT molecular complexity index is 1440. The quantitative estimate of drug-likeness (QED) is 0.450. The number of anilines is 1. The molecule has 4 aromatic rings. The minimum atomic E-state index is -0.342. The van der Waals surface area contributed by atoms with E-state index in [0.717, 1.165) is 67.0 Å². The van der Waals surface area contributed by atoms with E-state index >= 15 is 0 Å². The van der Waals surface area contributed by atoms with Gasteiger partial charge in [-0.1, -0.05) is 30.3 Å². The fourth-order valence-corrected chi connectivity index (χ4v) is 5.43. The van der Waals surface area contributed by atoms with Gasteiger partial charge in [0.15, 0.2) is 0 Å². The van der Waals surface area contributed by atoms with E-state index in [4.69, 9.17) is 0 Å². The topological polar surface area (TPSA) is 53.4 Å². The first-order valence-corrected chi connectivity index (χ1v) is 12.8.